The Bertz CT molecular complexity index is 596. The standard InChI is InChI=1S/C11H11BrF3N5/c12-7-2-3-8(9(6-7)11(13,14)15)10-17-18-19-20(10)5-1-4-16/h2-3,6H,1,4-5,16H2. The van der Waals surface area contributed by atoms with Crippen LogP contribution < -0.4 is 5.73 Å². The predicted molar refractivity (Wildman–Crippen MR) is 69.6 cm³/mol. The van der Waals surface area contributed by atoms with Gasteiger partial charge in [0.2, 0.25) is 0 Å². The van der Waals surface area contributed by atoms with Crippen LogP contribution in [0, 0.1) is 0 Å². The van der Waals surface area contributed by atoms with Crippen molar-refractivity contribution < 1.29 is 13.2 Å². The summed E-state index contributed by atoms with van der Waals surface area (Å²) in [4.78, 5) is 0. The molecular weight excluding hydrogens is 339 g/mol. The number of alkyl halides is 3. The predicted octanol–water partition coefficient (Wildman–Crippen LogP) is 2.47. The fraction of sp³-hybridized carbons (Fsp3) is 0.364. The van der Waals surface area contributed by atoms with Gasteiger partial charge in [-0.1, -0.05) is 15.9 Å². The largest absolute Gasteiger partial charge is 0.417 e. The van der Waals surface area contributed by atoms with E-state index in [4.69, 9.17) is 5.73 Å². The Morgan fingerprint density at radius 3 is 2.70 bits per heavy atom. The fourth-order valence-corrected chi connectivity index (χ4v) is 2.10. The van der Waals surface area contributed by atoms with Crippen molar-refractivity contribution in [3.8, 4) is 11.4 Å². The molecular formula is C11H11BrF3N5. The number of hydrogen-bond donors (Lipinski definition) is 1. The first-order chi connectivity index (χ1) is 9.43. The summed E-state index contributed by atoms with van der Waals surface area (Å²) in [5, 5.41) is 10.8. The lowest BCUT2D eigenvalue weighted by atomic mass is 10.1. The monoisotopic (exact) mass is 349 g/mol. The maximum absolute atomic E-state index is 13.1. The quantitative estimate of drug-likeness (QED) is 0.920. The maximum atomic E-state index is 13.1. The molecule has 1 heterocycles. The summed E-state index contributed by atoms with van der Waals surface area (Å²) < 4.78 is 40.9. The van der Waals surface area contributed by atoms with Crippen molar-refractivity contribution in [3.05, 3.63) is 28.2 Å². The van der Waals surface area contributed by atoms with E-state index in [0.29, 0.717) is 24.0 Å². The zero-order chi connectivity index (χ0) is 14.8. The summed E-state index contributed by atoms with van der Waals surface area (Å²) >= 11 is 3.04. The highest BCUT2D eigenvalue weighted by atomic mass is 79.9. The number of rotatable bonds is 4. The van der Waals surface area contributed by atoms with E-state index in [1.165, 1.54) is 16.8 Å². The number of nitrogens with zero attached hydrogens (tertiary/aromatic N) is 4. The van der Waals surface area contributed by atoms with Gasteiger partial charge >= 0.3 is 6.18 Å². The Morgan fingerprint density at radius 2 is 2.05 bits per heavy atom. The number of hydrogen-bond acceptors (Lipinski definition) is 4. The van der Waals surface area contributed by atoms with Gasteiger partial charge in [-0.05, 0) is 41.6 Å². The van der Waals surface area contributed by atoms with Crippen LogP contribution in [0.15, 0.2) is 22.7 Å². The molecule has 0 unspecified atom stereocenters. The highest BCUT2D eigenvalue weighted by Crippen LogP contribution is 2.37. The Labute approximate surface area is 121 Å². The summed E-state index contributed by atoms with van der Waals surface area (Å²) in [5.41, 5.74) is 4.55. The molecule has 1 aromatic carbocycles. The lowest BCUT2D eigenvalue weighted by molar-refractivity contribution is -0.137. The molecule has 20 heavy (non-hydrogen) atoms. The van der Waals surface area contributed by atoms with Crippen molar-refractivity contribution in [2.45, 2.75) is 19.1 Å². The molecule has 0 saturated carbocycles. The average Bonchev–Trinajstić information content (AvgIpc) is 2.83. The highest BCUT2D eigenvalue weighted by Gasteiger charge is 2.35. The van der Waals surface area contributed by atoms with Crippen molar-refractivity contribution in [2.75, 3.05) is 6.54 Å². The Hall–Kier alpha value is -1.48. The second kappa shape index (κ2) is 5.88. The van der Waals surface area contributed by atoms with Crippen LogP contribution in [-0.2, 0) is 12.7 Å². The molecule has 0 aliphatic heterocycles. The normalized spacial score (nSPS) is 11.8. The van der Waals surface area contributed by atoms with E-state index < -0.39 is 11.7 Å². The molecule has 2 rings (SSSR count). The molecule has 0 aliphatic rings. The van der Waals surface area contributed by atoms with Gasteiger partial charge in [-0.15, -0.1) is 5.10 Å². The Balaban J connectivity index is 2.50. The maximum Gasteiger partial charge on any atom is 0.417 e. The number of tetrazole rings is 1. The van der Waals surface area contributed by atoms with Crippen LogP contribution in [0.1, 0.15) is 12.0 Å². The number of nitrogens with two attached hydrogens (primary N) is 1. The third kappa shape index (κ3) is 3.15. The van der Waals surface area contributed by atoms with Crippen molar-refractivity contribution in [1.29, 1.82) is 0 Å². The molecule has 0 saturated heterocycles. The van der Waals surface area contributed by atoms with Gasteiger partial charge in [-0.3, -0.25) is 0 Å². The van der Waals surface area contributed by atoms with Gasteiger partial charge in [0.05, 0.1) is 5.56 Å². The van der Waals surface area contributed by atoms with E-state index in [1.54, 1.807) is 0 Å². The molecule has 2 aromatic rings. The molecule has 108 valence electrons. The Kier molecular flexibility index (Phi) is 4.39. The molecule has 0 bridgehead atoms. The fourth-order valence-electron chi connectivity index (χ4n) is 1.74. The van der Waals surface area contributed by atoms with E-state index in [1.807, 2.05) is 0 Å². The molecule has 9 heteroatoms. The SMILES string of the molecule is NCCCn1nnnc1-c1ccc(Br)cc1C(F)(F)F. The molecule has 1 aromatic heterocycles. The minimum atomic E-state index is -4.48. The van der Waals surface area contributed by atoms with Crippen molar-refractivity contribution in [3.63, 3.8) is 0 Å². The van der Waals surface area contributed by atoms with E-state index in [9.17, 15) is 13.2 Å². The summed E-state index contributed by atoms with van der Waals surface area (Å²) in [6.07, 6.45) is -3.90. The van der Waals surface area contributed by atoms with Crippen LogP contribution in [0.3, 0.4) is 0 Å². The summed E-state index contributed by atoms with van der Waals surface area (Å²) in [5.74, 6) is 0.0817. The lowest BCUT2D eigenvalue weighted by Gasteiger charge is -2.13. The number of aryl methyl sites for hydroxylation is 1. The minimum absolute atomic E-state index is 0.0530. The van der Waals surface area contributed by atoms with Gasteiger partial charge in [-0.2, -0.15) is 13.2 Å². The van der Waals surface area contributed by atoms with E-state index in [2.05, 4.69) is 31.5 Å². The third-order valence-corrected chi connectivity index (χ3v) is 3.13. The van der Waals surface area contributed by atoms with Crippen LogP contribution in [0.2, 0.25) is 0 Å². The third-order valence-electron chi connectivity index (χ3n) is 2.63. The van der Waals surface area contributed by atoms with Crippen LogP contribution in [0.25, 0.3) is 11.4 Å². The smallest absolute Gasteiger partial charge is 0.330 e. The first-order valence-corrected chi connectivity index (χ1v) is 6.56. The molecule has 0 aliphatic carbocycles. The van der Waals surface area contributed by atoms with E-state index in [-0.39, 0.29) is 11.4 Å². The zero-order valence-corrected chi connectivity index (χ0v) is 11.8. The topological polar surface area (TPSA) is 69.6 Å². The van der Waals surface area contributed by atoms with Gasteiger partial charge < -0.3 is 5.73 Å². The molecule has 0 fully saturated rings. The van der Waals surface area contributed by atoms with Gasteiger partial charge in [0.1, 0.15) is 0 Å². The summed E-state index contributed by atoms with van der Waals surface area (Å²) in [6, 6.07) is 3.88. The van der Waals surface area contributed by atoms with E-state index >= 15 is 0 Å². The molecule has 0 radical (unpaired) electrons. The van der Waals surface area contributed by atoms with Crippen molar-refractivity contribution in [1.82, 2.24) is 20.2 Å². The van der Waals surface area contributed by atoms with Crippen LogP contribution >= 0.6 is 15.9 Å². The molecule has 2 N–H and O–H groups in total. The summed E-state index contributed by atoms with van der Waals surface area (Å²) in [7, 11) is 0. The first-order valence-electron chi connectivity index (χ1n) is 5.77. The molecule has 0 amide bonds. The number of benzene rings is 1. The minimum Gasteiger partial charge on any atom is -0.330 e. The second-order valence-corrected chi connectivity index (χ2v) is 4.97. The molecule has 0 spiro atoms. The van der Waals surface area contributed by atoms with Gasteiger partial charge in [0, 0.05) is 16.6 Å². The van der Waals surface area contributed by atoms with Gasteiger partial charge in [-0.25, -0.2) is 4.68 Å². The molecule has 0 atom stereocenters. The Morgan fingerprint density at radius 1 is 1.30 bits per heavy atom. The van der Waals surface area contributed by atoms with Crippen molar-refractivity contribution >= 4 is 15.9 Å². The van der Waals surface area contributed by atoms with Crippen LogP contribution in [0.4, 0.5) is 13.2 Å². The zero-order valence-electron chi connectivity index (χ0n) is 10.2. The van der Waals surface area contributed by atoms with Crippen molar-refractivity contribution in [2.24, 2.45) is 5.73 Å². The van der Waals surface area contributed by atoms with Gasteiger partial charge in [0.25, 0.3) is 0 Å². The second-order valence-electron chi connectivity index (χ2n) is 4.06. The lowest BCUT2D eigenvalue weighted by Crippen LogP contribution is -2.12. The average molecular weight is 350 g/mol. The van der Waals surface area contributed by atoms with Gasteiger partial charge in [0.15, 0.2) is 5.82 Å². The molecule has 5 nitrogen and oxygen atoms in total. The van der Waals surface area contributed by atoms with E-state index in [0.717, 1.165) is 6.07 Å². The summed E-state index contributed by atoms with van der Waals surface area (Å²) in [6.45, 7) is 0.776. The number of aromatic nitrogens is 4. The van der Waals surface area contributed by atoms with Crippen LogP contribution in [0.5, 0.6) is 0 Å². The number of halogens is 4. The highest BCUT2D eigenvalue weighted by molar-refractivity contribution is 9.10. The first kappa shape index (κ1) is 14.9. The van der Waals surface area contributed by atoms with Crippen LogP contribution in [-0.4, -0.2) is 26.8 Å².